The lowest BCUT2D eigenvalue weighted by molar-refractivity contribution is -0.144. The van der Waals surface area contributed by atoms with Gasteiger partial charge in [-0.25, -0.2) is 0 Å². The summed E-state index contributed by atoms with van der Waals surface area (Å²) in [4.78, 5) is 39.3. The van der Waals surface area contributed by atoms with Crippen LogP contribution < -0.4 is 0 Å². The number of aliphatic carboxylic acids is 1. The van der Waals surface area contributed by atoms with E-state index in [2.05, 4.69) is 0 Å². The van der Waals surface area contributed by atoms with Crippen molar-refractivity contribution in [2.24, 2.45) is 5.92 Å². The molecule has 2 aliphatic heterocycles. The van der Waals surface area contributed by atoms with Crippen molar-refractivity contribution in [3.05, 3.63) is 0 Å². The second kappa shape index (κ2) is 8.57. The molecule has 0 aliphatic carbocycles. The van der Waals surface area contributed by atoms with Crippen LogP contribution in [-0.4, -0.2) is 69.9 Å². The number of rotatable bonds is 5. The van der Waals surface area contributed by atoms with Crippen molar-refractivity contribution in [1.82, 2.24) is 9.80 Å². The number of carbonyl (C=O) groups excluding carboxylic acids is 2. The molecule has 0 aromatic carbocycles. The third-order valence-electron chi connectivity index (χ3n) is 4.58. The fourth-order valence-corrected chi connectivity index (χ4v) is 4.36. The molecule has 7 heteroatoms. The predicted molar refractivity (Wildman–Crippen MR) is 89.3 cm³/mol. The number of nitrogens with zero attached hydrogens (tertiary/aromatic N) is 2. The number of carbonyl (C=O) groups is 3. The highest BCUT2D eigenvalue weighted by atomic mass is 32.2. The first kappa shape index (κ1) is 18.1. The van der Waals surface area contributed by atoms with Gasteiger partial charge in [-0.15, -0.1) is 0 Å². The summed E-state index contributed by atoms with van der Waals surface area (Å²) in [5.41, 5.74) is 0. The Kier molecular flexibility index (Phi) is 6.74. The lowest BCUT2D eigenvalue weighted by Crippen LogP contribution is -2.51. The van der Waals surface area contributed by atoms with Gasteiger partial charge in [-0.1, -0.05) is 6.92 Å². The minimum Gasteiger partial charge on any atom is -0.481 e. The quantitative estimate of drug-likeness (QED) is 0.818. The molecule has 6 nitrogen and oxygen atoms in total. The van der Waals surface area contributed by atoms with Crippen LogP contribution in [0.1, 0.15) is 39.0 Å². The van der Waals surface area contributed by atoms with Crippen molar-refractivity contribution in [1.29, 1.82) is 0 Å². The Balaban J connectivity index is 1.90. The van der Waals surface area contributed by atoms with Gasteiger partial charge in [-0.3, -0.25) is 14.4 Å². The van der Waals surface area contributed by atoms with E-state index in [0.717, 1.165) is 12.2 Å². The van der Waals surface area contributed by atoms with Gasteiger partial charge in [0.25, 0.3) is 0 Å². The molecule has 0 unspecified atom stereocenters. The molecule has 2 saturated heterocycles. The molecule has 2 rings (SSSR count). The van der Waals surface area contributed by atoms with Crippen molar-refractivity contribution in [3.63, 3.8) is 0 Å². The summed E-state index contributed by atoms with van der Waals surface area (Å²) < 4.78 is 0. The van der Waals surface area contributed by atoms with E-state index in [9.17, 15) is 14.4 Å². The number of likely N-dealkylation sites (tertiary alicyclic amines) is 1. The molecule has 2 aliphatic rings. The number of amides is 2. The molecular weight excluding hydrogens is 316 g/mol. The molecule has 0 spiro atoms. The smallest absolute Gasteiger partial charge is 0.305 e. The SMILES string of the molecule is CCCC(=O)N1CCC(C(=O)N2CCSC[C@@H]2CC(=O)O)CC1. The minimum absolute atomic E-state index is 0.0204. The molecule has 2 amide bonds. The second-order valence-electron chi connectivity index (χ2n) is 6.26. The van der Waals surface area contributed by atoms with Gasteiger partial charge >= 0.3 is 5.97 Å². The zero-order chi connectivity index (χ0) is 16.8. The summed E-state index contributed by atoms with van der Waals surface area (Å²) in [5.74, 6) is 0.910. The Bertz CT molecular complexity index is 449. The monoisotopic (exact) mass is 342 g/mol. The van der Waals surface area contributed by atoms with E-state index < -0.39 is 5.97 Å². The van der Waals surface area contributed by atoms with Gasteiger partial charge in [0.05, 0.1) is 12.5 Å². The number of hydrogen-bond donors (Lipinski definition) is 1. The fourth-order valence-electron chi connectivity index (χ4n) is 3.30. The van der Waals surface area contributed by atoms with Gasteiger partial charge in [0, 0.05) is 43.5 Å². The number of hydrogen-bond acceptors (Lipinski definition) is 4. The molecule has 2 fully saturated rings. The lowest BCUT2D eigenvalue weighted by atomic mass is 9.94. The molecule has 0 saturated carbocycles. The number of carboxylic acid groups (broad SMARTS) is 1. The van der Waals surface area contributed by atoms with Gasteiger partial charge < -0.3 is 14.9 Å². The molecular formula is C16H26N2O4S. The second-order valence-corrected chi connectivity index (χ2v) is 7.41. The maximum absolute atomic E-state index is 12.8. The fraction of sp³-hybridized carbons (Fsp3) is 0.812. The van der Waals surface area contributed by atoms with E-state index in [4.69, 9.17) is 5.11 Å². The minimum atomic E-state index is -0.852. The molecule has 0 bridgehead atoms. The zero-order valence-corrected chi connectivity index (χ0v) is 14.5. The van der Waals surface area contributed by atoms with Crippen molar-refractivity contribution >= 4 is 29.5 Å². The average molecular weight is 342 g/mol. The summed E-state index contributed by atoms with van der Waals surface area (Å²) in [6.45, 7) is 3.91. The Morgan fingerprint density at radius 3 is 2.48 bits per heavy atom. The van der Waals surface area contributed by atoms with Crippen LogP contribution in [0, 0.1) is 5.92 Å². The molecule has 1 atom stereocenters. The molecule has 0 aromatic heterocycles. The third-order valence-corrected chi connectivity index (χ3v) is 5.67. The van der Waals surface area contributed by atoms with Crippen molar-refractivity contribution in [2.45, 2.75) is 45.1 Å². The summed E-state index contributed by atoms with van der Waals surface area (Å²) in [5, 5.41) is 9.03. The molecule has 2 heterocycles. The van der Waals surface area contributed by atoms with Crippen molar-refractivity contribution in [2.75, 3.05) is 31.1 Å². The van der Waals surface area contributed by atoms with Gasteiger partial charge in [0.1, 0.15) is 0 Å². The molecule has 1 N–H and O–H groups in total. The maximum Gasteiger partial charge on any atom is 0.305 e. The van der Waals surface area contributed by atoms with Crippen LogP contribution in [-0.2, 0) is 14.4 Å². The van der Waals surface area contributed by atoms with Crippen LogP contribution >= 0.6 is 11.8 Å². The van der Waals surface area contributed by atoms with Crippen molar-refractivity contribution in [3.8, 4) is 0 Å². The highest BCUT2D eigenvalue weighted by molar-refractivity contribution is 7.99. The van der Waals surface area contributed by atoms with E-state index >= 15 is 0 Å². The Labute approximate surface area is 141 Å². The van der Waals surface area contributed by atoms with Gasteiger partial charge in [0.2, 0.25) is 11.8 Å². The number of thioether (sulfide) groups is 1. The number of carboxylic acids is 1. The van der Waals surface area contributed by atoms with Crippen LogP contribution in [0.3, 0.4) is 0 Å². The summed E-state index contributed by atoms with van der Waals surface area (Å²) in [7, 11) is 0. The van der Waals surface area contributed by atoms with Gasteiger partial charge in [-0.05, 0) is 19.3 Å². The van der Waals surface area contributed by atoms with E-state index in [-0.39, 0.29) is 30.2 Å². The van der Waals surface area contributed by atoms with Crippen LogP contribution in [0.5, 0.6) is 0 Å². The highest BCUT2D eigenvalue weighted by Crippen LogP contribution is 2.26. The molecule has 130 valence electrons. The average Bonchev–Trinajstić information content (AvgIpc) is 2.54. The van der Waals surface area contributed by atoms with E-state index in [0.29, 0.717) is 44.6 Å². The Hall–Kier alpha value is -1.24. The first-order chi connectivity index (χ1) is 11.0. The normalized spacial score (nSPS) is 22.9. The van der Waals surface area contributed by atoms with Crippen LogP contribution in [0.25, 0.3) is 0 Å². The largest absolute Gasteiger partial charge is 0.481 e. The maximum atomic E-state index is 12.8. The highest BCUT2D eigenvalue weighted by Gasteiger charge is 2.35. The van der Waals surface area contributed by atoms with Gasteiger partial charge in [-0.2, -0.15) is 11.8 Å². The predicted octanol–water partition coefficient (Wildman–Crippen LogP) is 1.44. The van der Waals surface area contributed by atoms with Crippen LogP contribution in [0.15, 0.2) is 0 Å². The molecule has 0 aromatic rings. The topological polar surface area (TPSA) is 77.9 Å². The standard InChI is InChI=1S/C16H26N2O4S/c1-2-3-14(19)17-6-4-12(5-7-17)16(22)18-8-9-23-11-13(18)10-15(20)21/h12-13H,2-11H2,1H3,(H,20,21)/t13-/m0/s1. The zero-order valence-electron chi connectivity index (χ0n) is 13.7. The van der Waals surface area contributed by atoms with Crippen LogP contribution in [0.4, 0.5) is 0 Å². The lowest BCUT2D eigenvalue weighted by Gasteiger charge is -2.39. The van der Waals surface area contributed by atoms with Crippen molar-refractivity contribution < 1.29 is 19.5 Å². The summed E-state index contributed by atoms with van der Waals surface area (Å²) >= 11 is 1.71. The Morgan fingerprint density at radius 2 is 1.87 bits per heavy atom. The first-order valence-corrected chi connectivity index (χ1v) is 9.56. The van der Waals surface area contributed by atoms with Gasteiger partial charge in [0.15, 0.2) is 0 Å². The van der Waals surface area contributed by atoms with E-state index in [1.54, 1.807) is 16.7 Å². The van der Waals surface area contributed by atoms with Crippen LogP contribution in [0.2, 0.25) is 0 Å². The van der Waals surface area contributed by atoms with E-state index in [1.807, 2.05) is 11.8 Å². The summed E-state index contributed by atoms with van der Waals surface area (Å²) in [6.07, 6.45) is 2.82. The number of piperidine rings is 1. The molecule has 0 radical (unpaired) electrons. The third kappa shape index (κ3) is 4.86. The van der Waals surface area contributed by atoms with E-state index in [1.165, 1.54) is 0 Å². The molecule has 23 heavy (non-hydrogen) atoms. The summed E-state index contributed by atoms with van der Waals surface area (Å²) in [6, 6.07) is -0.196. The first-order valence-electron chi connectivity index (χ1n) is 8.40. The Morgan fingerprint density at radius 1 is 1.17 bits per heavy atom.